The van der Waals surface area contributed by atoms with Crippen LogP contribution in [0.1, 0.15) is 35.1 Å². The van der Waals surface area contributed by atoms with Crippen molar-refractivity contribution >= 4 is 23.8 Å². The van der Waals surface area contributed by atoms with Crippen molar-refractivity contribution in [2.45, 2.75) is 42.8 Å². The number of nitrogens with one attached hydrogen (secondary N) is 2. The smallest absolute Gasteiger partial charge is 0.315 e. The Morgan fingerprint density at radius 3 is 3.12 bits per heavy atom. The molecule has 2 aliphatic heterocycles. The summed E-state index contributed by atoms with van der Waals surface area (Å²) in [5.41, 5.74) is 0. The van der Waals surface area contributed by atoms with Crippen LogP contribution in [0.4, 0.5) is 4.79 Å². The predicted octanol–water partition coefficient (Wildman–Crippen LogP) is 0.797. The normalized spacial score (nSPS) is 43.1. The van der Waals surface area contributed by atoms with Gasteiger partial charge in [0.1, 0.15) is 0 Å². The van der Waals surface area contributed by atoms with Crippen LogP contribution in [0.25, 0.3) is 0 Å². The minimum Gasteiger partial charge on any atom is -0.481 e. The molecule has 2 heterocycles. The van der Waals surface area contributed by atoms with E-state index in [9.17, 15) is 9.59 Å². The van der Waals surface area contributed by atoms with E-state index in [0.717, 1.165) is 0 Å². The van der Waals surface area contributed by atoms with Gasteiger partial charge in [-0.25, -0.2) is 4.79 Å². The molecule has 6 heteroatoms. The zero-order chi connectivity index (χ0) is 17.8. The van der Waals surface area contributed by atoms with Crippen molar-refractivity contribution in [2.24, 2.45) is 0 Å². The molecule has 0 radical (unpaired) electrons. The lowest BCUT2D eigenvalue weighted by atomic mass is 10.0. The molecule has 0 bridgehead atoms. The Morgan fingerprint density at radius 2 is 2.38 bits per heavy atom. The minimum absolute atomic E-state index is 0.316. The van der Waals surface area contributed by atoms with Gasteiger partial charge in [-0.1, -0.05) is 6.37 Å². The molecule has 0 saturated carbocycles. The average Bonchev–Trinajstić information content (AvgIpc) is 2.95. The fourth-order valence-corrected chi connectivity index (χ4v) is 3.04. The number of carbonyl (C=O) groups is 2. The molecule has 2 aliphatic rings. The number of fused-ring (bicyclic) bond motifs is 1. The second-order valence-electron chi connectivity index (χ2n) is 3.41. The van der Waals surface area contributed by atoms with Crippen LogP contribution in [0, 0.1) is 0 Å². The van der Waals surface area contributed by atoms with Crippen LogP contribution in [-0.2, 0) is 4.79 Å². The molecule has 1 unspecified atom stereocenters. The fraction of sp³-hybridized carbons (Fsp3) is 0.800. The maximum atomic E-state index is 11.3. The quantitative estimate of drug-likeness (QED) is 0.637. The van der Waals surface area contributed by atoms with Crippen molar-refractivity contribution in [1.29, 1.82) is 0 Å². The molecule has 0 aromatic rings. The van der Waals surface area contributed by atoms with Crippen LogP contribution in [-0.4, -0.2) is 40.2 Å². The SMILES string of the molecule is [3H]C([C@@H]1SC[C@@H]2NC(=O)N[C@@H]21)C([3H])([3H])C([3H])([3H])C([3H])([3H])C(=O)O. The van der Waals surface area contributed by atoms with Crippen molar-refractivity contribution in [3.63, 3.8) is 0 Å². The Labute approximate surface area is 108 Å². The van der Waals surface area contributed by atoms with Crippen LogP contribution < -0.4 is 10.6 Å². The third-order valence-electron chi connectivity index (χ3n) is 2.36. The molecule has 2 saturated heterocycles. The fourth-order valence-electron chi connectivity index (χ4n) is 1.69. The summed E-state index contributed by atoms with van der Waals surface area (Å²) in [4.78, 5) is 22.3. The Bertz CT molecular complexity index is 533. The van der Waals surface area contributed by atoms with Gasteiger partial charge in [0.05, 0.1) is 12.1 Å². The maximum absolute atomic E-state index is 11.3. The molecule has 2 amide bonds. The van der Waals surface area contributed by atoms with Crippen molar-refractivity contribution in [2.75, 3.05) is 5.75 Å². The molecule has 5 nitrogen and oxygen atoms in total. The topological polar surface area (TPSA) is 78.4 Å². The molecule has 16 heavy (non-hydrogen) atoms. The molecule has 3 N–H and O–H groups in total. The summed E-state index contributed by atoms with van der Waals surface area (Å²) in [6.07, 6.45) is -11.8. The number of urea groups is 1. The van der Waals surface area contributed by atoms with Crippen molar-refractivity contribution < 1.29 is 24.3 Å². The summed E-state index contributed by atoms with van der Waals surface area (Å²) in [6.45, 7) is 0. The molecule has 4 atom stereocenters. The highest BCUT2D eigenvalue weighted by Gasteiger charge is 2.42. The van der Waals surface area contributed by atoms with Crippen molar-refractivity contribution in [3.05, 3.63) is 0 Å². The highest BCUT2D eigenvalue weighted by atomic mass is 32.2. The number of carboxylic acids is 1. The van der Waals surface area contributed by atoms with E-state index in [1.807, 2.05) is 0 Å². The predicted molar refractivity (Wildman–Crippen MR) is 61.6 cm³/mol. The number of rotatable bonds is 5. The number of amides is 2. The number of hydrogen-bond acceptors (Lipinski definition) is 3. The van der Waals surface area contributed by atoms with Gasteiger partial charge in [-0.15, -0.1) is 0 Å². The zero-order valence-corrected chi connectivity index (χ0v) is 9.00. The Kier molecular flexibility index (Phi) is 1.74. The lowest BCUT2D eigenvalue weighted by Gasteiger charge is -2.16. The summed E-state index contributed by atoms with van der Waals surface area (Å²) in [5.74, 6) is -1.72. The number of hydrogen-bond donors (Lipinski definition) is 3. The molecular weight excluding hydrogens is 228 g/mol. The first-order valence-electron chi connectivity index (χ1n) is 8.26. The minimum atomic E-state index is -3.50. The van der Waals surface area contributed by atoms with Crippen LogP contribution in [0.5, 0.6) is 0 Å². The average molecular weight is 258 g/mol. The monoisotopic (exact) mass is 258 g/mol. The largest absolute Gasteiger partial charge is 0.481 e. The second kappa shape index (κ2) is 4.95. The first kappa shape index (κ1) is 5.62. The van der Waals surface area contributed by atoms with Gasteiger partial charge in [-0.05, 0) is 12.8 Å². The van der Waals surface area contributed by atoms with Crippen LogP contribution in [0.3, 0.4) is 0 Å². The van der Waals surface area contributed by atoms with Crippen molar-refractivity contribution in [1.82, 2.24) is 10.6 Å². The third kappa shape index (κ3) is 2.61. The number of thioether (sulfide) groups is 1. The van der Waals surface area contributed by atoms with E-state index in [4.69, 9.17) is 14.7 Å². The second-order valence-corrected chi connectivity index (χ2v) is 4.63. The van der Waals surface area contributed by atoms with E-state index in [1.165, 1.54) is 11.8 Å². The Hall–Kier alpha value is -0.910. The van der Waals surface area contributed by atoms with Gasteiger partial charge in [-0.2, -0.15) is 11.8 Å². The molecule has 0 aromatic carbocycles. The zero-order valence-electron chi connectivity index (χ0n) is 15.2. The van der Waals surface area contributed by atoms with E-state index in [1.54, 1.807) is 0 Å². The molecule has 90 valence electrons. The standard InChI is InChI=1S/C10H16N2O3S/c13-8(14)4-2-1-3-7-9-6(5-16-7)11-10(15)12-9/h6-7,9H,1-5H2,(H,13,14)(H2,11,12,15)/t6-,7-,9-/m0/s1/i1T2,2T2,3T,4T2/t3?,6-,7-,9-. The number of carbonyl (C=O) groups excluding carboxylic acids is 1. The van der Waals surface area contributed by atoms with Gasteiger partial charge in [0.15, 0.2) is 0 Å². The third-order valence-corrected chi connectivity index (χ3v) is 3.72. The highest BCUT2D eigenvalue weighted by molar-refractivity contribution is 8.00. The van der Waals surface area contributed by atoms with Crippen molar-refractivity contribution in [3.8, 4) is 0 Å². The molecule has 0 spiro atoms. The lowest BCUT2D eigenvalue weighted by molar-refractivity contribution is -0.137. The van der Waals surface area contributed by atoms with E-state index in [0.29, 0.717) is 5.75 Å². The van der Waals surface area contributed by atoms with Crippen LogP contribution in [0.2, 0.25) is 0 Å². The number of aliphatic carboxylic acids is 1. The van der Waals surface area contributed by atoms with E-state index in [-0.39, 0.29) is 6.04 Å². The van der Waals surface area contributed by atoms with Gasteiger partial charge in [-0.3, -0.25) is 4.79 Å². The van der Waals surface area contributed by atoms with E-state index < -0.39 is 48.8 Å². The Morgan fingerprint density at radius 1 is 1.56 bits per heavy atom. The molecule has 2 rings (SSSR count). The van der Waals surface area contributed by atoms with Gasteiger partial charge >= 0.3 is 12.0 Å². The summed E-state index contributed by atoms with van der Waals surface area (Å²) in [5, 5.41) is 13.2. The maximum Gasteiger partial charge on any atom is 0.315 e. The Balaban J connectivity index is 2.28. The molecular formula is C10H16N2O3S. The van der Waals surface area contributed by atoms with Gasteiger partial charge < -0.3 is 15.7 Å². The summed E-state index contributed by atoms with van der Waals surface area (Å²) in [7, 11) is 0. The molecule has 0 aliphatic carbocycles. The number of carboxylic acid groups (broad SMARTS) is 1. The van der Waals surface area contributed by atoms with E-state index in [2.05, 4.69) is 10.6 Å². The van der Waals surface area contributed by atoms with Crippen LogP contribution in [0.15, 0.2) is 0 Å². The van der Waals surface area contributed by atoms with Gasteiger partial charge in [0.2, 0.25) is 0 Å². The first-order chi connectivity index (χ1) is 10.3. The molecule has 2 fully saturated rings. The first-order valence-corrected chi connectivity index (χ1v) is 5.73. The summed E-state index contributed by atoms with van der Waals surface area (Å²) in [6, 6.07) is -1.36. The van der Waals surface area contributed by atoms with Gasteiger partial charge in [0, 0.05) is 27.0 Å². The van der Waals surface area contributed by atoms with Gasteiger partial charge in [0.25, 0.3) is 0 Å². The van der Waals surface area contributed by atoms with Crippen LogP contribution >= 0.6 is 11.8 Å². The lowest BCUT2D eigenvalue weighted by Crippen LogP contribution is -2.36. The molecule has 0 aromatic heterocycles. The summed E-state index contributed by atoms with van der Waals surface area (Å²) >= 11 is 1.17. The summed E-state index contributed by atoms with van der Waals surface area (Å²) < 4.78 is 54.0. The van der Waals surface area contributed by atoms with E-state index >= 15 is 0 Å². The highest BCUT2D eigenvalue weighted by Crippen LogP contribution is 2.33.